The highest BCUT2D eigenvalue weighted by atomic mass is 32.1. The van der Waals surface area contributed by atoms with Crippen molar-refractivity contribution < 1.29 is 4.42 Å². The number of H-pyrrole nitrogens is 1. The van der Waals surface area contributed by atoms with Crippen molar-refractivity contribution in [3.8, 4) is 11.7 Å². The van der Waals surface area contributed by atoms with Crippen LogP contribution in [0.4, 0.5) is 0 Å². The van der Waals surface area contributed by atoms with Gasteiger partial charge in [-0.1, -0.05) is 0 Å². The number of rotatable bonds is 3. The summed E-state index contributed by atoms with van der Waals surface area (Å²) in [6.07, 6.45) is 3.29. The third-order valence-electron chi connectivity index (χ3n) is 1.66. The molecular formula is C7H9N5OS. The molecule has 74 valence electrons. The van der Waals surface area contributed by atoms with Crippen LogP contribution in [0, 0.1) is 0 Å². The molecule has 2 aromatic rings. The summed E-state index contributed by atoms with van der Waals surface area (Å²) in [4.78, 5) is 6.83. The van der Waals surface area contributed by atoms with Crippen LogP contribution in [0.15, 0.2) is 16.8 Å². The molecule has 0 amide bonds. The number of hydrogen-bond acceptors (Lipinski definition) is 6. The van der Waals surface area contributed by atoms with Crippen molar-refractivity contribution in [3.05, 3.63) is 18.3 Å². The first-order chi connectivity index (χ1) is 6.81. The highest BCUT2D eigenvalue weighted by Gasteiger charge is 2.14. The summed E-state index contributed by atoms with van der Waals surface area (Å²) in [5.74, 6) is 1.70. The number of aromatic nitrogens is 4. The Hall–Kier alpha value is -1.34. The highest BCUT2D eigenvalue weighted by Crippen LogP contribution is 2.16. The molecule has 2 rings (SSSR count). The Morgan fingerprint density at radius 2 is 2.43 bits per heavy atom. The van der Waals surface area contributed by atoms with Gasteiger partial charge in [0.2, 0.25) is 5.89 Å². The predicted octanol–water partition coefficient (Wildman–Crippen LogP) is 0.389. The fourth-order valence-corrected chi connectivity index (χ4v) is 1.10. The molecule has 6 nitrogen and oxygen atoms in total. The Balaban J connectivity index is 2.26. The Morgan fingerprint density at radius 1 is 1.57 bits per heavy atom. The molecule has 2 aromatic heterocycles. The van der Waals surface area contributed by atoms with Crippen LogP contribution in [-0.2, 0) is 0 Å². The summed E-state index contributed by atoms with van der Waals surface area (Å²) in [6, 6.07) is -0.338. The third kappa shape index (κ3) is 1.64. The molecule has 0 bridgehead atoms. The van der Waals surface area contributed by atoms with Crippen molar-refractivity contribution in [2.24, 2.45) is 5.73 Å². The maximum Gasteiger partial charge on any atom is 0.283 e. The van der Waals surface area contributed by atoms with Crippen molar-refractivity contribution in [2.45, 2.75) is 6.04 Å². The van der Waals surface area contributed by atoms with Crippen LogP contribution in [-0.4, -0.2) is 25.9 Å². The number of nitrogens with zero attached hydrogens (tertiary/aromatic N) is 3. The molecule has 0 radical (unpaired) electrons. The van der Waals surface area contributed by atoms with Gasteiger partial charge in [-0.3, -0.25) is 0 Å². The van der Waals surface area contributed by atoms with Crippen LogP contribution in [0.2, 0.25) is 0 Å². The van der Waals surface area contributed by atoms with Gasteiger partial charge in [0.1, 0.15) is 0 Å². The minimum absolute atomic E-state index is 0.335. The topological polar surface area (TPSA) is 93.6 Å². The standard InChI is InChI=1S/C7H9N5OS/c8-4(3-14)6-11-12-7(13-6)5-9-1-2-10-5/h1-2,4,14H,3,8H2,(H,9,10). The number of imidazole rings is 1. The van der Waals surface area contributed by atoms with Crippen LogP contribution in [0.25, 0.3) is 11.7 Å². The lowest BCUT2D eigenvalue weighted by molar-refractivity contribution is 0.474. The predicted molar refractivity (Wildman–Crippen MR) is 52.7 cm³/mol. The van der Waals surface area contributed by atoms with Crippen molar-refractivity contribution in [1.82, 2.24) is 20.2 Å². The van der Waals surface area contributed by atoms with Gasteiger partial charge in [-0.25, -0.2) is 4.98 Å². The molecule has 3 N–H and O–H groups in total. The average molecular weight is 211 g/mol. The van der Waals surface area contributed by atoms with Gasteiger partial charge >= 0.3 is 0 Å². The van der Waals surface area contributed by atoms with Gasteiger partial charge < -0.3 is 15.1 Å². The number of hydrogen-bond donors (Lipinski definition) is 3. The summed E-state index contributed by atoms with van der Waals surface area (Å²) in [5.41, 5.74) is 5.66. The Kier molecular flexibility index (Phi) is 2.51. The van der Waals surface area contributed by atoms with E-state index in [1.165, 1.54) is 0 Å². The molecule has 0 fully saturated rings. The van der Waals surface area contributed by atoms with Gasteiger partial charge in [-0.15, -0.1) is 10.2 Å². The summed E-state index contributed by atoms with van der Waals surface area (Å²) in [6.45, 7) is 0. The first-order valence-corrected chi connectivity index (χ1v) is 4.64. The Bertz CT molecular complexity index is 398. The smallest absolute Gasteiger partial charge is 0.283 e. The molecule has 0 saturated heterocycles. The number of aromatic amines is 1. The van der Waals surface area contributed by atoms with Crippen LogP contribution >= 0.6 is 12.6 Å². The normalized spacial score (nSPS) is 13.0. The Morgan fingerprint density at radius 3 is 3.07 bits per heavy atom. The monoisotopic (exact) mass is 211 g/mol. The molecule has 0 aliphatic heterocycles. The molecule has 1 atom stereocenters. The SMILES string of the molecule is NC(CS)c1nnc(-c2ncc[nH]2)o1. The van der Waals surface area contributed by atoms with Crippen molar-refractivity contribution >= 4 is 12.6 Å². The van der Waals surface area contributed by atoms with E-state index in [-0.39, 0.29) is 6.04 Å². The number of nitrogens with one attached hydrogen (secondary N) is 1. The van der Waals surface area contributed by atoms with Gasteiger partial charge in [0.25, 0.3) is 5.89 Å². The van der Waals surface area contributed by atoms with Crippen LogP contribution < -0.4 is 5.73 Å². The van der Waals surface area contributed by atoms with Crippen molar-refractivity contribution in [3.63, 3.8) is 0 Å². The zero-order chi connectivity index (χ0) is 9.97. The highest BCUT2D eigenvalue weighted by molar-refractivity contribution is 7.80. The van der Waals surface area contributed by atoms with Crippen LogP contribution in [0.5, 0.6) is 0 Å². The van der Waals surface area contributed by atoms with Gasteiger partial charge in [0.15, 0.2) is 5.82 Å². The van der Waals surface area contributed by atoms with Gasteiger partial charge in [0, 0.05) is 18.1 Å². The minimum Gasteiger partial charge on any atom is -0.416 e. The Labute approximate surface area is 85.3 Å². The first-order valence-electron chi connectivity index (χ1n) is 4.01. The molecule has 0 aliphatic rings. The average Bonchev–Trinajstić information content (AvgIpc) is 2.86. The second-order valence-corrected chi connectivity index (χ2v) is 3.04. The van der Waals surface area contributed by atoms with E-state index in [1.807, 2.05) is 0 Å². The molecule has 0 spiro atoms. The molecule has 2 heterocycles. The lowest BCUT2D eigenvalue weighted by Crippen LogP contribution is -2.11. The largest absolute Gasteiger partial charge is 0.416 e. The van der Waals surface area contributed by atoms with Gasteiger partial charge in [0.05, 0.1) is 6.04 Å². The van der Waals surface area contributed by atoms with Crippen LogP contribution in [0.1, 0.15) is 11.9 Å². The quantitative estimate of drug-likeness (QED) is 0.638. The molecular weight excluding hydrogens is 202 g/mol. The number of thiol groups is 1. The van der Waals surface area contributed by atoms with E-state index in [1.54, 1.807) is 12.4 Å². The third-order valence-corrected chi connectivity index (χ3v) is 2.05. The van der Waals surface area contributed by atoms with Crippen molar-refractivity contribution in [1.29, 1.82) is 0 Å². The first kappa shape index (κ1) is 9.22. The van der Waals surface area contributed by atoms with E-state index < -0.39 is 0 Å². The van der Waals surface area contributed by atoms with E-state index >= 15 is 0 Å². The summed E-state index contributed by atoms with van der Waals surface area (Å²) in [5, 5.41) is 7.60. The molecule has 0 aliphatic carbocycles. The lowest BCUT2D eigenvalue weighted by Gasteiger charge is -1.99. The van der Waals surface area contributed by atoms with Gasteiger partial charge in [-0.2, -0.15) is 12.6 Å². The van der Waals surface area contributed by atoms with Crippen LogP contribution in [0.3, 0.4) is 0 Å². The molecule has 0 saturated carbocycles. The summed E-state index contributed by atoms with van der Waals surface area (Å²) >= 11 is 4.04. The zero-order valence-electron chi connectivity index (χ0n) is 7.21. The zero-order valence-corrected chi connectivity index (χ0v) is 8.11. The molecule has 0 aromatic carbocycles. The molecule has 7 heteroatoms. The van der Waals surface area contributed by atoms with E-state index in [4.69, 9.17) is 10.2 Å². The second-order valence-electron chi connectivity index (χ2n) is 2.67. The maximum atomic E-state index is 5.66. The van der Waals surface area contributed by atoms with E-state index in [0.29, 0.717) is 23.4 Å². The fraction of sp³-hybridized carbons (Fsp3) is 0.286. The van der Waals surface area contributed by atoms with Gasteiger partial charge in [-0.05, 0) is 0 Å². The second kappa shape index (κ2) is 3.81. The maximum absolute atomic E-state index is 5.66. The lowest BCUT2D eigenvalue weighted by atomic mass is 10.4. The minimum atomic E-state index is -0.338. The summed E-state index contributed by atoms with van der Waals surface area (Å²) in [7, 11) is 0. The van der Waals surface area contributed by atoms with Crippen molar-refractivity contribution in [2.75, 3.05) is 5.75 Å². The van der Waals surface area contributed by atoms with E-state index in [9.17, 15) is 0 Å². The van der Waals surface area contributed by atoms with E-state index in [0.717, 1.165) is 0 Å². The molecule has 1 unspecified atom stereocenters. The summed E-state index contributed by atoms with van der Waals surface area (Å²) < 4.78 is 5.29. The molecule has 14 heavy (non-hydrogen) atoms. The number of nitrogens with two attached hydrogens (primary N) is 1. The van der Waals surface area contributed by atoms with E-state index in [2.05, 4.69) is 32.8 Å². The fourth-order valence-electron chi connectivity index (χ4n) is 0.940.